The lowest BCUT2D eigenvalue weighted by Gasteiger charge is -2.19. The number of halogens is 1. The molecule has 0 spiro atoms. The van der Waals surface area contributed by atoms with Gasteiger partial charge in [-0.1, -0.05) is 12.8 Å². The maximum Gasteiger partial charge on any atom is 0.269 e. The zero-order chi connectivity index (χ0) is 13.6. The number of rotatable bonds is 2. The van der Waals surface area contributed by atoms with E-state index < -0.39 is 10.0 Å². The van der Waals surface area contributed by atoms with Gasteiger partial charge in [0, 0.05) is 10.1 Å². The van der Waals surface area contributed by atoms with Crippen molar-refractivity contribution in [3.05, 3.63) is 27.3 Å². The van der Waals surface area contributed by atoms with E-state index in [1.165, 1.54) is 0 Å². The molecule has 0 radical (unpaired) electrons. The molecular weight excluding hydrogens is 377 g/mol. The fraction of sp³-hybridized carbons (Fsp3) is 0.462. The Balaban J connectivity index is 1.98. The summed E-state index contributed by atoms with van der Waals surface area (Å²) in [4.78, 5) is 12.5. The van der Waals surface area contributed by atoms with Gasteiger partial charge in [-0.25, -0.2) is 12.7 Å². The van der Waals surface area contributed by atoms with E-state index in [1.807, 2.05) is 0 Å². The number of amides is 1. The molecule has 6 heteroatoms. The number of carbonyl (C=O) groups is 1. The summed E-state index contributed by atoms with van der Waals surface area (Å²) in [7, 11) is -3.62. The van der Waals surface area contributed by atoms with E-state index in [-0.39, 0.29) is 10.8 Å². The first-order chi connectivity index (χ1) is 9.00. The summed E-state index contributed by atoms with van der Waals surface area (Å²) >= 11 is 2.09. The molecule has 0 saturated heterocycles. The predicted molar refractivity (Wildman–Crippen MR) is 79.3 cm³/mol. The van der Waals surface area contributed by atoms with Gasteiger partial charge in [0.05, 0.1) is 5.56 Å². The third-order valence-electron chi connectivity index (χ3n) is 3.87. The molecule has 1 fully saturated rings. The lowest BCUT2D eigenvalue weighted by atomic mass is 10.1. The average Bonchev–Trinajstić information content (AvgIpc) is 2.92. The second-order valence-corrected chi connectivity index (χ2v) is 8.21. The van der Waals surface area contributed by atoms with Crippen LogP contribution in [-0.4, -0.2) is 25.2 Å². The number of hydrogen-bond donors (Lipinski definition) is 0. The smallest absolute Gasteiger partial charge is 0.268 e. The summed E-state index contributed by atoms with van der Waals surface area (Å²) in [5.41, 5.74) is 0.324. The summed E-state index contributed by atoms with van der Waals surface area (Å²) < 4.78 is 26.7. The Kier molecular flexibility index (Phi) is 3.33. The maximum absolute atomic E-state index is 12.4. The number of nitrogens with zero attached hydrogens (tertiary/aromatic N) is 1. The van der Waals surface area contributed by atoms with Crippen molar-refractivity contribution in [3.63, 3.8) is 0 Å². The second kappa shape index (κ2) is 4.73. The monoisotopic (exact) mass is 391 g/mol. The maximum atomic E-state index is 12.4. The van der Waals surface area contributed by atoms with Gasteiger partial charge in [0.1, 0.15) is 4.90 Å². The lowest BCUT2D eigenvalue weighted by Crippen LogP contribution is -2.34. The molecule has 1 aliphatic carbocycles. The summed E-state index contributed by atoms with van der Waals surface area (Å²) in [6.45, 7) is 0.340. The van der Waals surface area contributed by atoms with Crippen molar-refractivity contribution in [2.45, 2.75) is 30.6 Å². The topological polar surface area (TPSA) is 54.5 Å². The minimum absolute atomic E-state index is 0.163. The molecule has 0 atom stereocenters. The summed E-state index contributed by atoms with van der Waals surface area (Å²) in [6.07, 6.45) is 4.32. The van der Waals surface area contributed by atoms with Gasteiger partial charge in [0.25, 0.3) is 15.9 Å². The van der Waals surface area contributed by atoms with Crippen LogP contribution in [0.2, 0.25) is 0 Å². The molecule has 1 aliphatic heterocycles. The number of sulfonamides is 1. The van der Waals surface area contributed by atoms with Crippen molar-refractivity contribution in [2.75, 3.05) is 6.54 Å². The Morgan fingerprint density at radius 3 is 2.63 bits per heavy atom. The van der Waals surface area contributed by atoms with Gasteiger partial charge in [-0.2, -0.15) is 0 Å². The number of benzene rings is 1. The van der Waals surface area contributed by atoms with Crippen LogP contribution in [0.15, 0.2) is 23.1 Å². The molecule has 2 aliphatic rings. The molecule has 1 heterocycles. The Hall–Kier alpha value is -0.630. The molecule has 19 heavy (non-hydrogen) atoms. The molecule has 0 N–H and O–H groups in total. The molecular formula is C13H14INO3S. The van der Waals surface area contributed by atoms with Crippen LogP contribution in [0.25, 0.3) is 0 Å². The van der Waals surface area contributed by atoms with Crippen molar-refractivity contribution in [1.29, 1.82) is 0 Å². The fourth-order valence-electron chi connectivity index (χ4n) is 2.86. The lowest BCUT2D eigenvalue weighted by molar-refractivity contribution is 0.0857. The molecule has 1 aromatic carbocycles. The van der Waals surface area contributed by atoms with Crippen molar-refractivity contribution in [2.24, 2.45) is 5.92 Å². The first-order valence-corrected chi connectivity index (χ1v) is 8.88. The summed E-state index contributed by atoms with van der Waals surface area (Å²) in [5, 5.41) is 0. The van der Waals surface area contributed by atoms with Crippen LogP contribution in [0, 0.1) is 9.49 Å². The SMILES string of the molecule is O=C1c2cc(I)ccc2S(=O)(=O)N1CC1CCCC1. The Bertz CT molecular complexity index is 635. The highest BCUT2D eigenvalue weighted by Crippen LogP contribution is 2.34. The van der Waals surface area contributed by atoms with Crippen molar-refractivity contribution in [1.82, 2.24) is 4.31 Å². The standard InChI is InChI=1S/C13H14INO3S/c14-10-5-6-12-11(7-10)13(16)15(19(12,17)18)8-9-3-1-2-4-9/h5-7,9H,1-4,8H2. The first-order valence-electron chi connectivity index (χ1n) is 6.37. The van der Waals surface area contributed by atoms with E-state index in [9.17, 15) is 13.2 Å². The van der Waals surface area contributed by atoms with Crippen molar-refractivity contribution in [3.8, 4) is 0 Å². The number of carbonyl (C=O) groups excluding carboxylic acids is 1. The quantitative estimate of drug-likeness (QED) is 0.729. The Labute approximate surface area is 126 Å². The van der Waals surface area contributed by atoms with Gasteiger partial charge in [-0.05, 0) is 59.5 Å². The molecule has 1 amide bonds. The van der Waals surface area contributed by atoms with Gasteiger partial charge in [-0.3, -0.25) is 4.79 Å². The van der Waals surface area contributed by atoms with E-state index in [0.29, 0.717) is 18.0 Å². The number of fused-ring (bicyclic) bond motifs is 1. The van der Waals surface area contributed by atoms with Crippen LogP contribution >= 0.6 is 22.6 Å². The Morgan fingerprint density at radius 2 is 1.95 bits per heavy atom. The molecule has 102 valence electrons. The molecule has 0 aromatic heterocycles. The van der Waals surface area contributed by atoms with E-state index in [0.717, 1.165) is 33.6 Å². The molecule has 1 aromatic rings. The van der Waals surface area contributed by atoms with Gasteiger partial charge < -0.3 is 0 Å². The zero-order valence-electron chi connectivity index (χ0n) is 10.3. The van der Waals surface area contributed by atoms with Crippen molar-refractivity contribution >= 4 is 38.5 Å². The molecule has 4 nitrogen and oxygen atoms in total. The van der Waals surface area contributed by atoms with Gasteiger partial charge in [0.15, 0.2) is 0 Å². The van der Waals surface area contributed by atoms with Crippen LogP contribution < -0.4 is 0 Å². The normalized spacial score (nSPS) is 21.9. The van der Waals surface area contributed by atoms with Crippen LogP contribution in [0.3, 0.4) is 0 Å². The molecule has 3 rings (SSSR count). The highest BCUT2D eigenvalue weighted by Gasteiger charge is 2.42. The van der Waals surface area contributed by atoms with E-state index in [2.05, 4.69) is 22.6 Å². The minimum atomic E-state index is -3.62. The minimum Gasteiger partial charge on any atom is -0.268 e. The van der Waals surface area contributed by atoms with Gasteiger partial charge in [-0.15, -0.1) is 0 Å². The first kappa shape index (κ1) is 13.4. The highest BCUT2D eigenvalue weighted by molar-refractivity contribution is 14.1. The second-order valence-electron chi connectivity index (χ2n) is 5.13. The van der Waals surface area contributed by atoms with Crippen LogP contribution in [0.1, 0.15) is 36.0 Å². The Morgan fingerprint density at radius 1 is 1.26 bits per heavy atom. The van der Waals surface area contributed by atoms with Crippen molar-refractivity contribution < 1.29 is 13.2 Å². The largest absolute Gasteiger partial charge is 0.269 e. The van der Waals surface area contributed by atoms with Crippen LogP contribution in [0.5, 0.6) is 0 Å². The summed E-state index contributed by atoms with van der Waals surface area (Å²) in [5.74, 6) is -0.0347. The van der Waals surface area contributed by atoms with E-state index in [4.69, 9.17) is 0 Å². The van der Waals surface area contributed by atoms with Crippen LogP contribution in [-0.2, 0) is 10.0 Å². The van der Waals surface area contributed by atoms with Gasteiger partial charge in [0.2, 0.25) is 0 Å². The van der Waals surface area contributed by atoms with Crippen LogP contribution in [0.4, 0.5) is 0 Å². The fourth-order valence-corrected chi connectivity index (χ4v) is 4.98. The van der Waals surface area contributed by atoms with E-state index >= 15 is 0 Å². The average molecular weight is 391 g/mol. The summed E-state index contributed by atoms with van der Waals surface area (Å²) in [6, 6.07) is 4.92. The predicted octanol–water partition coefficient (Wildman–Crippen LogP) is 2.63. The molecule has 0 bridgehead atoms. The van der Waals surface area contributed by atoms with Gasteiger partial charge >= 0.3 is 0 Å². The van der Waals surface area contributed by atoms with E-state index in [1.54, 1.807) is 18.2 Å². The zero-order valence-corrected chi connectivity index (χ0v) is 13.3. The molecule has 0 unspecified atom stereocenters. The molecule has 1 saturated carbocycles. The highest BCUT2D eigenvalue weighted by atomic mass is 127. The third kappa shape index (κ3) is 2.18. The number of hydrogen-bond acceptors (Lipinski definition) is 3. The third-order valence-corrected chi connectivity index (χ3v) is 6.34.